The first kappa shape index (κ1) is 18.4. The van der Waals surface area contributed by atoms with E-state index in [-0.39, 0.29) is 5.97 Å². The molecule has 0 bridgehead atoms. The summed E-state index contributed by atoms with van der Waals surface area (Å²) in [5.41, 5.74) is 4.72. The summed E-state index contributed by atoms with van der Waals surface area (Å²) in [5.74, 6) is -0.388. The van der Waals surface area contributed by atoms with Gasteiger partial charge in [0, 0.05) is 22.8 Å². The Bertz CT molecular complexity index is 1010. The molecule has 27 heavy (non-hydrogen) atoms. The molecule has 134 valence electrons. The molecule has 0 saturated heterocycles. The van der Waals surface area contributed by atoms with Crippen molar-refractivity contribution in [1.82, 2.24) is 4.98 Å². The number of nitriles is 1. The molecule has 3 aromatic rings. The van der Waals surface area contributed by atoms with Crippen molar-refractivity contribution >= 4 is 28.6 Å². The molecule has 5 nitrogen and oxygen atoms in total. The van der Waals surface area contributed by atoms with E-state index in [9.17, 15) is 10.1 Å². The highest BCUT2D eigenvalue weighted by Crippen LogP contribution is 2.26. The molecular weight excluding hydrogens is 358 g/mol. The number of nitrogens with zero attached hydrogens (tertiary/aromatic N) is 2. The number of aromatic nitrogens is 1. The zero-order chi connectivity index (χ0) is 19.2. The summed E-state index contributed by atoms with van der Waals surface area (Å²) in [7, 11) is 1.34. The van der Waals surface area contributed by atoms with Crippen LogP contribution in [0.4, 0.5) is 5.69 Å². The van der Waals surface area contributed by atoms with Gasteiger partial charge in [0.05, 0.1) is 18.4 Å². The van der Waals surface area contributed by atoms with Crippen molar-refractivity contribution in [3.8, 4) is 17.3 Å². The van der Waals surface area contributed by atoms with Crippen molar-refractivity contribution in [2.45, 2.75) is 6.92 Å². The number of rotatable bonds is 5. The molecule has 0 aliphatic heterocycles. The summed E-state index contributed by atoms with van der Waals surface area (Å²) < 4.78 is 4.67. The number of hydrogen-bond acceptors (Lipinski definition) is 6. The number of anilines is 1. The lowest BCUT2D eigenvalue weighted by molar-refractivity contribution is 0.0601. The van der Waals surface area contributed by atoms with Crippen molar-refractivity contribution in [2.75, 3.05) is 12.4 Å². The molecule has 3 rings (SSSR count). The van der Waals surface area contributed by atoms with Crippen LogP contribution < -0.4 is 5.32 Å². The molecule has 0 saturated carbocycles. The number of nitrogens with one attached hydrogen (secondary N) is 1. The van der Waals surface area contributed by atoms with Gasteiger partial charge in [0.1, 0.15) is 16.6 Å². The van der Waals surface area contributed by atoms with E-state index in [1.165, 1.54) is 24.0 Å². The molecule has 1 N–H and O–H groups in total. The first-order valence-electron chi connectivity index (χ1n) is 8.19. The van der Waals surface area contributed by atoms with Gasteiger partial charge in [-0.05, 0) is 31.2 Å². The van der Waals surface area contributed by atoms with Gasteiger partial charge < -0.3 is 10.1 Å². The molecule has 0 atom stereocenters. The molecule has 0 radical (unpaired) electrons. The minimum absolute atomic E-state index is 0.388. The molecule has 0 aliphatic carbocycles. The maximum absolute atomic E-state index is 11.5. The number of allylic oxidation sites excluding steroid dienone is 1. The van der Waals surface area contributed by atoms with Crippen LogP contribution in [0.25, 0.3) is 16.8 Å². The fourth-order valence-corrected chi connectivity index (χ4v) is 3.17. The quantitative estimate of drug-likeness (QED) is 0.508. The molecule has 2 aromatic carbocycles. The van der Waals surface area contributed by atoms with Gasteiger partial charge in [0.2, 0.25) is 0 Å². The number of esters is 1. The number of hydrogen-bond donors (Lipinski definition) is 1. The minimum atomic E-state index is -0.388. The van der Waals surface area contributed by atoms with Crippen LogP contribution in [-0.4, -0.2) is 18.1 Å². The second-order valence-electron chi connectivity index (χ2n) is 5.79. The highest BCUT2D eigenvalue weighted by molar-refractivity contribution is 7.11. The number of carbonyl (C=O) groups excluding carboxylic acids is 1. The third kappa shape index (κ3) is 4.40. The summed E-state index contributed by atoms with van der Waals surface area (Å²) in [6.07, 6.45) is 1.62. The summed E-state index contributed by atoms with van der Waals surface area (Å²) in [6, 6.07) is 17.1. The normalized spacial score (nSPS) is 10.9. The van der Waals surface area contributed by atoms with Gasteiger partial charge in [0.15, 0.2) is 0 Å². The Balaban J connectivity index is 1.76. The molecule has 0 fully saturated rings. The highest BCUT2D eigenvalue weighted by atomic mass is 32.1. The number of thiazole rings is 1. The van der Waals surface area contributed by atoms with Gasteiger partial charge >= 0.3 is 5.97 Å². The maximum Gasteiger partial charge on any atom is 0.337 e. The van der Waals surface area contributed by atoms with E-state index in [4.69, 9.17) is 0 Å². The molecule has 1 heterocycles. The smallest absolute Gasteiger partial charge is 0.337 e. The van der Waals surface area contributed by atoms with Crippen LogP contribution in [0.1, 0.15) is 20.9 Å². The van der Waals surface area contributed by atoms with E-state index < -0.39 is 0 Å². The van der Waals surface area contributed by atoms with Gasteiger partial charge in [-0.1, -0.05) is 29.8 Å². The molecule has 0 aliphatic rings. The lowest BCUT2D eigenvalue weighted by Gasteiger charge is -2.03. The van der Waals surface area contributed by atoms with Crippen molar-refractivity contribution in [1.29, 1.82) is 5.26 Å². The average Bonchev–Trinajstić information content (AvgIpc) is 3.19. The predicted octanol–water partition coefficient (Wildman–Crippen LogP) is 4.88. The molecule has 6 heteroatoms. The van der Waals surface area contributed by atoms with Gasteiger partial charge in [-0.15, -0.1) is 11.3 Å². The van der Waals surface area contributed by atoms with E-state index in [0.717, 1.165) is 16.9 Å². The first-order valence-corrected chi connectivity index (χ1v) is 9.07. The molecule has 0 spiro atoms. The number of benzene rings is 2. The topological polar surface area (TPSA) is 75.0 Å². The lowest BCUT2D eigenvalue weighted by Crippen LogP contribution is -2.00. The summed E-state index contributed by atoms with van der Waals surface area (Å²) >= 11 is 1.42. The number of methoxy groups -OCH3 is 1. The van der Waals surface area contributed by atoms with Gasteiger partial charge in [0.25, 0.3) is 0 Å². The first-order chi connectivity index (χ1) is 13.1. The largest absolute Gasteiger partial charge is 0.465 e. The van der Waals surface area contributed by atoms with Crippen molar-refractivity contribution in [3.05, 3.63) is 76.2 Å². The van der Waals surface area contributed by atoms with Crippen LogP contribution in [0.2, 0.25) is 0 Å². The second-order valence-corrected chi connectivity index (χ2v) is 6.65. The van der Waals surface area contributed by atoms with E-state index in [1.54, 1.807) is 30.5 Å². The van der Waals surface area contributed by atoms with Crippen LogP contribution in [0.3, 0.4) is 0 Å². The molecule has 0 amide bonds. The molecular formula is C21H17N3O2S. The third-order valence-corrected chi connectivity index (χ3v) is 4.77. The van der Waals surface area contributed by atoms with Gasteiger partial charge in [-0.3, -0.25) is 0 Å². The van der Waals surface area contributed by atoms with Crippen LogP contribution >= 0.6 is 11.3 Å². The second kappa shape index (κ2) is 8.30. The van der Waals surface area contributed by atoms with E-state index in [2.05, 4.69) is 21.1 Å². The summed E-state index contributed by atoms with van der Waals surface area (Å²) in [5, 5.41) is 15.1. The number of carbonyl (C=O) groups is 1. The monoisotopic (exact) mass is 375 g/mol. The highest BCUT2D eigenvalue weighted by Gasteiger charge is 2.09. The third-order valence-electron chi connectivity index (χ3n) is 3.89. The van der Waals surface area contributed by atoms with Crippen LogP contribution in [0.15, 0.2) is 60.1 Å². The van der Waals surface area contributed by atoms with Crippen molar-refractivity contribution in [3.63, 3.8) is 0 Å². The zero-order valence-corrected chi connectivity index (χ0v) is 15.7. The zero-order valence-electron chi connectivity index (χ0n) is 14.9. The Kier molecular flexibility index (Phi) is 5.64. The van der Waals surface area contributed by atoms with Crippen LogP contribution in [-0.2, 0) is 4.74 Å². The predicted molar refractivity (Wildman–Crippen MR) is 107 cm³/mol. The fraction of sp³-hybridized carbons (Fsp3) is 0.0952. The Morgan fingerprint density at radius 1 is 1.19 bits per heavy atom. The number of aryl methyl sites for hydroxylation is 1. The van der Waals surface area contributed by atoms with Gasteiger partial charge in [-0.25, -0.2) is 9.78 Å². The Labute approximate surface area is 161 Å². The minimum Gasteiger partial charge on any atom is -0.465 e. The Morgan fingerprint density at radius 2 is 1.89 bits per heavy atom. The van der Waals surface area contributed by atoms with E-state index in [0.29, 0.717) is 16.1 Å². The number of ether oxygens (including phenoxy) is 1. The van der Waals surface area contributed by atoms with Gasteiger partial charge in [-0.2, -0.15) is 5.26 Å². The van der Waals surface area contributed by atoms with E-state index >= 15 is 0 Å². The van der Waals surface area contributed by atoms with Crippen LogP contribution in [0.5, 0.6) is 0 Å². The SMILES string of the molecule is COC(=O)c1ccc(N/C=C(\C#N)c2nc(-c3ccc(C)cc3)cs2)cc1. The standard InChI is InChI=1S/C21H17N3O2S/c1-14-3-5-15(6-4-14)19-13-27-20(24-19)17(11-22)12-23-18-9-7-16(8-10-18)21(25)26-2/h3-10,12-13,23H,1-2H3/b17-12+. The summed E-state index contributed by atoms with van der Waals surface area (Å²) in [6.45, 7) is 2.04. The lowest BCUT2D eigenvalue weighted by atomic mass is 10.1. The van der Waals surface area contributed by atoms with E-state index in [1.807, 2.05) is 36.6 Å². The fourth-order valence-electron chi connectivity index (χ4n) is 2.37. The van der Waals surface area contributed by atoms with Crippen LogP contribution in [0, 0.1) is 18.3 Å². The maximum atomic E-state index is 11.5. The summed E-state index contributed by atoms with van der Waals surface area (Å²) in [4.78, 5) is 16.0. The molecule has 0 unspecified atom stereocenters. The average molecular weight is 375 g/mol. The molecule has 1 aromatic heterocycles. The van der Waals surface area contributed by atoms with Crippen molar-refractivity contribution in [2.24, 2.45) is 0 Å². The van der Waals surface area contributed by atoms with Crippen molar-refractivity contribution < 1.29 is 9.53 Å². The Morgan fingerprint density at radius 3 is 2.52 bits per heavy atom. The Hall–Kier alpha value is -3.43.